The summed E-state index contributed by atoms with van der Waals surface area (Å²) in [4.78, 5) is 197. The number of nitrogens with zero attached hydrogens (tertiary/aromatic N) is 10. The molecule has 4 aromatic heterocycles. The maximum atomic E-state index is 13.2. The summed E-state index contributed by atoms with van der Waals surface area (Å²) in [5.74, 6) is 0.150. The SMILES string of the molecule is C=C1CCC(N2C(=O)c3cccc(NC(C)C)c3C2=O)C(=O)N1.C=C1CCC(N2C(=O)c3cccc(OC(C)C)c3C2=O)C(=O)N1.C=C1CCC(n2c(C)nc3cccc(NC(C)C)c3c2=O)C(=O)N1.C=C1CCC(n2c(C)nc3cccc(NC(C)C)c3c2=O)C(=O)N1.C=C1CCC(n2c(C)nc3cccc(OC(C)C)c3c2=O)C(=O)N1.C=C1CCC(n2c(C)nc3cccc(OC(C)C)c3c2=O)C(=O)N1.CC.CC. The molecule has 6 fully saturated rings. The number of carbonyl (C=O) groups excluding carboxylic acids is 10. The topological polar surface area (TPSA) is 453 Å². The quantitative estimate of drug-likeness (QED) is 0.0360. The average molecular weight is 2000 g/mol. The molecule has 6 aromatic carbocycles. The van der Waals surface area contributed by atoms with Crippen molar-refractivity contribution in [2.45, 2.75) is 288 Å². The van der Waals surface area contributed by atoms with E-state index in [1.165, 1.54) is 18.3 Å². The van der Waals surface area contributed by atoms with Crippen LogP contribution < -0.4 is 84.3 Å². The van der Waals surface area contributed by atoms with E-state index < -0.39 is 59.9 Å². The number of aromatic nitrogens is 8. The molecule has 36 heteroatoms. The lowest BCUT2D eigenvalue weighted by atomic mass is 10.0. The van der Waals surface area contributed by atoms with E-state index >= 15 is 0 Å². The number of hydrogen-bond donors (Lipinski definition) is 9. The Balaban J connectivity index is 0.000000165. The van der Waals surface area contributed by atoms with E-state index in [4.69, 9.17) is 14.2 Å². The Labute approximate surface area is 848 Å². The second-order valence-electron chi connectivity index (χ2n) is 37.7. The van der Waals surface area contributed by atoms with Crippen molar-refractivity contribution in [2.24, 2.45) is 0 Å². The first-order valence-electron chi connectivity index (χ1n) is 49.6. The first-order valence-corrected chi connectivity index (χ1v) is 49.6. The van der Waals surface area contributed by atoms with Crippen LogP contribution in [0.5, 0.6) is 17.2 Å². The van der Waals surface area contributed by atoms with Crippen LogP contribution in [0.25, 0.3) is 43.6 Å². The Kier molecular flexibility index (Phi) is 36.4. The van der Waals surface area contributed by atoms with Gasteiger partial charge in [-0.3, -0.25) is 95.2 Å². The number of piperidine rings is 6. The summed E-state index contributed by atoms with van der Waals surface area (Å²) < 4.78 is 23.1. The molecule has 8 aliphatic heterocycles. The van der Waals surface area contributed by atoms with Crippen LogP contribution in [-0.2, 0) is 28.8 Å². The van der Waals surface area contributed by atoms with Crippen molar-refractivity contribution in [2.75, 3.05) is 16.0 Å². The second kappa shape index (κ2) is 48.1. The van der Waals surface area contributed by atoms with Crippen molar-refractivity contribution in [1.29, 1.82) is 0 Å². The van der Waals surface area contributed by atoms with Gasteiger partial charge < -0.3 is 62.1 Å². The number of ether oxygens (including phenoxy) is 3. The number of aryl methyl sites for hydroxylation is 4. The number of fused-ring (bicyclic) bond motifs is 6. The molecule has 9 N–H and O–H groups in total. The molecule has 6 unspecified atom stereocenters. The van der Waals surface area contributed by atoms with Gasteiger partial charge in [-0.25, -0.2) is 19.9 Å². The number of carbonyl (C=O) groups is 10. The van der Waals surface area contributed by atoms with E-state index in [2.05, 4.69) is 107 Å². The second-order valence-corrected chi connectivity index (χ2v) is 37.7. The zero-order valence-electron chi connectivity index (χ0n) is 87.0. The Bertz CT molecular complexity index is 6430. The molecule has 146 heavy (non-hydrogen) atoms. The number of amides is 10. The molecule has 0 aliphatic carbocycles. The summed E-state index contributed by atoms with van der Waals surface area (Å²) in [5.41, 5.74) is 8.86. The van der Waals surface area contributed by atoms with Crippen molar-refractivity contribution in [3.05, 3.63) is 270 Å². The van der Waals surface area contributed by atoms with Crippen LogP contribution in [-0.4, -0.2) is 156 Å². The molecule has 10 amide bonds. The number of hydrogen-bond acceptors (Lipinski definition) is 24. The smallest absolute Gasteiger partial charge is 0.266 e. The molecule has 10 aromatic rings. The fraction of sp³-hybridized carbons (Fsp3) is 0.400. The Morgan fingerprint density at radius 3 is 0.801 bits per heavy atom. The lowest BCUT2D eigenvalue weighted by Crippen LogP contribution is -2.51. The van der Waals surface area contributed by atoms with Gasteiger partial charge in [-0.15, -0.1) is 0 Å². The number of nitrogens with one attached hydrogen (secondary N) is 9. The highest BCUT2D eigenvalue weighted by atomic mass is 16.5. The van der Waals surface area contributed by atoms with Gasteiger partial charge in [0.15, 0.2) is 0 Å². The Morgan fingerprint density at radius 1 is 0.288 bits per heavy atom. The van der Waals surface area contributed by atoms with Crippen LogP contribution in [0.4, 0.5) is 17.1 Å². The summed E-state index contributed by atoms with van der Waals surface area (Å²) in [5, 5.41) is 27.8. The third kappa shape index (κ3) is 24.6. The van der Waals surface area contributed by atoms with E-state index in [1.54, 1.807) is 88.4 Å². The van der Waals surface area contributed by atoms with Crippen LogP contribution in [0.2, 0.25) is 0 Å². The van der Waals surface area contributed by atoms with Gasteiger partial charge in [-0.2, -0.15) is 0 Å². The van der Waals surface area contributed by atoms with Crippen LogP contribution in [0.15, 0.2) is 202 Å². The highest BCUT2D eigenvalue weighted by Gasteiger charge is 2.48. The molecular weight excluding hydrogens is 1860 g/mol. The largest absolute Gasteiger partial charge is 0.490 e. The molecular formula is C110H135N19O17. The molecule has 6 saturated heterocycles. The summed E-state index contributed by atoms with van der Waals surface area (Å²) in [6.45, 7) is 60.8. The van der Waals surface area contributed by atoms with Crippen LogP contribution in [0, 0.1) is 27.7 Å². The van der Waals surface area contributed by atoms with E-state index in [-0.39, 0.29) is 105 Å². The fourth-order valence-corrected chi connectivity index (χ4v) is 18.4. The molecule has 0 spiro atoms. The standard InChI is InChI=1S/2C18H22N4O2.2C18H21N3O3.C17H19N3O3.C17H18N2O4.2C2H6/c2*1-10(2)19-13-6-5-7-14-16(13)18(24)22(12(4)21-14)15-9-8-11(3)20-17(15)23;2*1-10(2)24-15-7-5-6-13-16(15)18(23)21(12(4)20-13)14-9-8-11(3)19-17(14)22;1-9(2)18-12-6-4-5-11-14(12)17(23)20(16(11)22)13-8-7-10(3)19-15(13)21;1-9(2)23-13-6-4-5-11-14(13)17(22)19(16(11)21)12-8-7-10(3)18-15(12)20;2*1-2/h2*5-7,10,15,19H,3,8-9H2,1-2,4H3,(H,20,23);2*5-7,10,14H,3,8-9H2,1-2,4H3,(H,19,22);4-6,9,13,18H,3,7-8H2,1-2H3,(H,19,21);4-6,9,12H,3,7-8H2,1-2H3,(H,18,20);2*1-2H3. The number of anilines is 3. The molecule has 12 heterocycles. The van der Waals surface area contributed by atoms with Gasteiger partial charge in [-0.1, -0.05) is 104 Å². The minimum absolute atomic E-state index is 0.0638. The predicted molar refractivity (Wildman–Crippen MR) is 566 cm³/mol. The number of imide groups is 2. The minimum atomic E-state index is -0.806. The summed E-state index contributed by atoms with van der Waals surface area (Å²) in [7, 11) is 0. The Morgan fingerprint density at radius 2 is 0.514 bits per heavy atom. The number of benzene rings is 6. The first kappa shape index (κ1) is 111. The lowest BCUT2D eigenvalue weighted by molar-refractivity contribution is -0.126. The molecule has 6 atom stereocenters. The summed E-state index contributed by atoms with van der Waals surface area (Å²) >= 11 is 0. The van der Waals surface area contributed by atoms with Crippen LogP contribution in [0.1, 0.15) is 277 Å². The van der Waals surface area contributed by atoms with Gasteiger partial charge in [0.05, 0.1) is 73.4 Å². The monoisotopic (exact) mass is 1990 g/mol. The Hall–Kier alpha value is -15.8. The third-order valence-electron chi connectivity index (χ3n) is 24.4. The maximum Gasteiger partial charge on any atom is 0.266 e. The zero-order valence-corrected chi connectivity index (χ0v) is 87.0. The molecule has 8 aliphatic rings. The van der Waals surface area contributed by atoms with Crippen LogP contribution >= 0.6 is 0 Å². The van der Waals surface area contributed by atoms with Gasteiger partial charge in [0, 0.05) is 69.4 Å². The zero-order chi connectivity index (χ0) is 107. The predicted octanol–water partition coefficient (Wildman–Crippen LogP) is 15.7. The first-order chi connectivity index (χ1) is 69.3. The van der Waals surface area contributed by atoms with Gasteiger partial charge in [0.1, 0.15) is 87.6 Å². The molecule has 772 valence electrons. The molecule has 0 bridgehead atoms. The highest BCUT2D eigenvalue weighted by Crippen LogP contribution is 2.39. The fourth-order valence-electron chi connectivity index (χ4n) is 18.4. The van der Waals surface area contributed by atoms with Crippen LogP contribution in [0.3, 0.4) is 0 Å². The van der Waals surface area contributed by atoms with Crippen molar-refractivity contribution in [3.63, 3.8) is 0 Å². The van der Waals surface area contributed by atoms with Crippen molar-refractivity contribution < 1.29 is 62.2 Å². The molecule has 0 radical (unpaired) electrons. The van der Waals surface area contributed by atoms with Gasteiger partial charge in [-0.05, 0) is 261 Å². The van der Waals surface area contributed by atoms with E-state index in [9.17, 15) is 67.1 Å². The minimum Gasteiger partial charge on any atom is -0.490 e. The number of allylic oxidation sites excluding steroid dienone is 6. The van der Waals surface area contributed by atoms with Gasteiger partial charge in [0.2, 0.25) is 35.4 Å². The molecule has 36 nitrogen and oxygen atoms in total. The highest BCUT2D eigenvalue weighted by molar-refractivity contribution is 6.26. The third-order valence-corrected chi connectivity index (χ3v) is 24.4. The van der Waals surface area contributed by atoms with E-state index in [1.807, 2.05) is 159 Å². The molecule has 18 rings (SSSR count). The van der Waals surface area contributed by atoms with Gasteiger partial charge >= 0.3 is 0 Å². The van der Waals surface area contributed by atoms with E-state index in [0.717, 1.165) is 21.2 Å². The summed E-state index contributed by atoms with van der Waals surface area (Å²) in [6.07, 6.45) is 6.42. The normalized spacial score (nSPS) is 18.5. The molecule has 0 saturated carbocycles. The van der Waals surface area contributed by atoms with E-state index in [0.29, 0.717) is 212 Å². The lowest BCUT2D eigenvalue weighted by Gasteiger charge is -2.29. The average Bonchev–Trinajstić information content (AvgIpc) is 1.74. The maximum absolute atomic E-state index is 13.2. The van der Waals surface area contributed by atoms with Crippen molar-refractivity contribution in [1.82, 2.24) is 79.9 Å². The number of rotatable bonds is 18. The van der Waals surface area contributed by atoms with Crippen molar-refractivity contribution in [3.8, 4) is 17.2 Å². The summed E-state index contributed by atoms with van der Waals surface area (Å²) in [6, 6.07) is 28.6. The van der Waals surface area contributed by atoms with Crippen molar-refractivity contribution >= 4 is 120 Å². The van der Waals surface area contributed by atoms with Gasteiger partial charge in [0.25, 0.3) is 45.9 Å².